The van der Waals surface area contributed by atoms with Gasteiger partial charge in [-0.2, -0.15) is 4.98 Å². The molecule has 0 aliphatic rings. The number of hydrogen-bond acceptors (Lipinski definition) is 6. The lowest BCUT2D eigenvalue weighted by Crippen LogP contribution is -2.15. The standard InChI is InChI=1S/C13H25N5O/c1-4-9-19-13-11(14)12(16-10-17-13)15-7-5-6-8-18(2)3/h10H,4-9,14H2,1-3H3,(H,15,16,17). The van der Waals surface area contributed by atoms with Crippen LogP contribution in [0.2, 0.25) is 0 Å². The molecular weight excluding hydrogens is 242 g/mol. The Labute approximate surface area is 115 Å². The van der Waals surface area contributed by atoms with Crippen molar-refractivity contribution in [2.24, 2.45) is 0 Å². The smallest absolute Gasteiger partial charge is 0.242 e. The molecular formula is C13H25N5O. The van der Waals surface area contributed by atoms with Crippen LogP contribution in [0.3, 0.4) is 0 Å². The Morgan fingerprint density at radius 3 is 2.79 bits per heavy atom. The molecule has 1 heterocycles. The molecule has 0 amide bonds. The Balaban J connectivity index is 2.40. The third-order valence-corrected chi connectivity index (χ3v) is 2.61. The first kappa shape index (κ1) is 15.5. The van der Waals surface area contributed by atoms with Gasteiger partial charge in [0.05, 0.1) is 6.61 Å². The van der Waals surface area contributed by atoms with E-state index in [1.165, 1.54) is 6.33 Å². The molecule has 3 N–H and O–H groups in total. The summed E-state index contributed by atoms with van der Waals surface area (Å²) in [7, 11) is 4.15. The third-order valence-electron chi connectivity index (χ3n) is 2.61. The Morgan fingerprint density at radius 2 is 2.11 bits per heavy atom. The van der Waals surface area contributed by atoms with Crippen molar-refractivity contribution < 1.29 is 4.74 Å². The van der Waals surface area contributed by atoms with Gasteiger partial charge in [-0.15, -0.1) is 0 Å². The van der Waals surface area contributed by atoms with Crippen molar-refractivity contribution in [3.05, 3.63) is 6.33 Å². The Morgan fingerprint density at radius 1 is 1.32 bits per heavy atom. The predicted octanol–water partition coefficient (Wildman–Crippen LogP) is 1.60. The third kappa shape index (κ3) is 5.74. The molecule has 0 spiro atoms. The molecule has 6 nitrogen and oxygen atoms in total. The first-order valence-electron chi connectivity index (χ1n) is 6.77. The van der Waals surface area contributed by atoms with Gasteiger partial charge in [-0.05, 0) is 39.9 Å². The highest BCUT2D eigenvalue weighted by Gasteiger charge is 2.08. The van der Waals surface area contributed by atoms with Gasteiger partial charge in [0.15, 0.2) is 5.82 Å². The fourth-order valence-electron chi connectivity index (χ4n) is 1.59. The van der Waals surface area contributed by atoms with E-state index in [0.29, 0.717) is 24.0 Å². The Hall–Kier alpha value is -1.56. The van der Waals surface area contributed by atoms with Crippen molar-refractivity contribution in [2.75, 3.05) is 44.8 Å². The number of nitrogens with two attached hydrogens (primary N) is 1. The number of nitrogen functional groups attached to an aromatic ring is 1. The van der Waals surface area contributed by atoms with Crippen LogP contribution in [0.5, 0.6) is 5.88 Å². The molecule has 0 aliphatic heterocycles. The van der Waals surface area contributed by atoms with E-state index < -0.39 is 0 Å². The Bertz CT molecular complexity index is 370. The molecule has 0 fully saturated rings. The second-order valence-corrected chi connectivity index (χ2v) is 4.73. The van der Waals surface area contributed by atoms with Crippen LogP contribution >= 0.6 is 0 Å². The van der Waals surface area contributed by atoms with Crippen LogP contribution < -0.4 is 15.8 Å². The average molecular weight is 267 g/mol. The monoisotopic (exact) mass is 267 g/mol. The van der Waals surface area contributed by atoms with E-state index in [-0.39, 0.29) is 0 Å². The van der Waals surface area contributed by atoms with Crippen molar-refractivity contribution >= 4 is 11.5 Å². The van der Waals surface area contributed by atoms with Gasteiger partial charge >= 0.3 is 0 Å². The summed E-state index contributed by atoms with van der Waals surface area (Å²) in [6.07, 6.45) is 4.62. The average Bonchev–Trinajstić information content (AvgIpc) is 2.38. The van der Waals surface area contributed by atoms with Gasteiger partial charge in [0.1, 0.15) is 12.0 Å². The summed E-state index contributed by atoms with van der Waals surface area (Å²) in [5, 5.41) is 3.23. The number of aromatic nitrogens is 2. The molecule has 0 saturated heterocycles. The quantitative estimate of drug-likeness (QED) is 0.662. The second-order valence-electron chi connectivity index (χ2n) is 4.73. The molecule has 0 bridgehead atoms. The van der Waals surface area contributed by atoms with Gasteiger partial charge in [0, 0.05) is 6.54 Å². The molecule has 108 valence electrons. The van der Waals surface area contributed by atoms with E-state index in [2.05, 4.69) is 34.3 Å². The summed E-state index contributed by atoms with van der Waals surface area (Å²) in [5.41, 5.74) is 6.46. The highest BCUT2D eigenvalue weighted by atomic mass is 16.5. The minimum absolute atomic E-state index is 0.465. The van der Waals surface area contributed by atoms with Gasteiger partial charge in [-0.25, -0.2) is 4.98 Å². The van der Waals surface area contributed by atoms with E-state index in [9.17, 15) is 0 Å². The number of unbranched alkanes of at least 4 members (excludes halogenated alkanes) is 1. The maximum absolute atomic E-state index is 5.97. The largest absolute Gasteiger partial charge is 0.476 e. The minimum Gasteiger partial charge on any atom is -0.476 e. The van der Waals surface area contributed by atoms with Gasteiger partial charge < -0.3 is 20.7 Å². The number of rotatable bonds is 9. The van der Waals surface area contributed by atoms with Crippen LogP contribution in [-0.2, 0) is 0 Å². The number of anilines is 2. The number of nitrogens with zero attached hydrogens (tertiary/aromatic N) is 3. The van der Waals surface area contributed by atoms with Crippen LogP contribution in [0.25, 0.3) is 0 Å². The van der Waals surface area contributed by atoms with E-state index in [0.717, 1.165) is 32.4 Å². The molecule has 19 heavy (non-hydrogen) atoms. The maximum atomic E-state index is 5.97. The van der Waals surface area contributed by atoms with Crippen LogP contribution in [-0.4, -0.2) is 48.7 Å². The van der Waals surface area contributed by atoms with Crippen LogP contribution in [0.4, 0.5) is 11.5 Å². The first-order valence-corrected chi connectivity index (χ1v) is 6.77. The molecule has 1 aromatic rings. The molecule has 1 rings (SSSR count). The summed E-state index contributed by atoms with van der Waals surface area (Å²) >= 11 is 0. The van der Waals surface area contributed by atoms with Crippen molar-refractivity contribution in [3.63, 3.8) is 0 Å². The lowest BCUT2D eigenvalue weighted by Gasteiger charge is -2.12. The lowest BCUT2D eigenvalue weighted by molar-refractivity contribution is 0.306. The number of nitrogens with one attached hydrogen (secondary N) is 1. The van der Waals surface area contributed by atoms with Crippen molar-refractivity contribution in [3.8, 4) is 5.88 Å². The van der Waals surface area contributed by atoms with Crippen molar-refractivity contribution in [1.82, 2.24) is 14.9 Å². The molecule has 0 radical (unpaired) electrons. The van der Waals surface area contributed by atoms with E-state index in [4.69, 9.17) is 10.5 Å². The second kappa shape index (κ2) is 8.53. The predicted molar refractivity (Wildman–Crippen MR) is 78.5 cm³/mol. The molecule has 0 aromatic carbocycles. The molecule has 0 saturated carbocycles. The topological polar surface area (TPSA) is 76.3 Å². The van der Waals surface area contributed by atoms with Crippen molar-refractivity contribution in [1.29, 1.82) is 0 Å². The zero-order chi connectivity index (χ0) is 14.1. The number of ether oxygens (including phenoxy) is 1. The zero-order valence-corrected chi connectivity index (χ0v) is 12.1. The van der Waals surface area contributed by atoms with E-state index >= 15 is 0 Å². The summed E-state index contributed by atoms with van der Waals surface area (Å²) in [6.45, 7) is 4.60. The first-order chi connectivity index (χ1) is 9.15. The fraction of sp³-hybridized carbons (Fsp3) is 0.692. The summed E-state index contributed by atoms with van der Waals surface area (Å²) in [4.78, 5) is 10.4. The van der Waals surface area contributed by atoms with Crippen molar-refractivity contribution in [2.45, 2.75) is 26.2 Å². The maximum Gasteiger partial charge on any atom is 0.242 e. The fourth-order valence-corrected chi connectivity index (χ4v) is 1.59. The van der Waals surface area contributed by atoms with Crippen LogP contribution in [0.15, 0.2) is 6.33 Å². The normalized spacial score (nSPS) is 10.7. The summed E-state index contributed by atoms with van der Waals surface area (Å²) in [6, 6.07) is 0. The SMILES string of the molecule is CCCOc1ncnc(NCCCCN(C)C)c1N. The van der Waals surface area contributed by atoms with Crippen LogP contribution in [0, 0.1) is 0 Å². The van der Waals surface area contributed by atoms with E-state index in [1.54, 1.807) is 0 Å². The van der Waals surface area contributed by atoms with Gasteiger partial charge in [0.2, 0.25) is 5.88 Å². The highest BCUT2D eigenvalue weighted by molar-refractivity contribution is 5.66. The molecule has 0 unspecified atom stereocenters. The van der Waals surface area contributed by atoms with E-state index in [1.807, 2.05) is 6.92 Å². The van der Waals surface area contributed by atoms with Gasteiger partial charge in [0.25, 0.3) is 0 Å². The lowest BCUT2D eigenvalue weighted by atomic mass is 10.3. The van der Waals surface area contributed by atoms with Gasteiger partial charge in [-0.1, -0.05) is 6.92 Å². The van der Waals surface area contributed by atoms with Crippen LogP contribution in [0.1, 0.15) is 26.2 Å². The zero-order valence-electron chi connectivity index (χ0n) is 12.1. The Kier molecular flexibility index (Phi) is 6.95. The molecule has 1 aromatic heterocycles. The molecule has 6 heteroatoms. The van der Waals surface area contributed by atoms with Gasteiger partial charge in [-0.3, -0.25) is 0 Å². The molecule has 0 atom stereocenters. The summed E-state index contributed by atoms with van der Waals surface area (Å²) in [5.74, 6) is 1.12. The summed E-state index contributed by atoms with van der Waals surface area (Å²) < 4.78 is 5.46. The minimum atomic E-state index is 0.465. The molecule has 0 aliphatic carbocycles. The number of hydrogen-bond donors (Lipinski definition) is 2. The highest BCUT2D eigenvalue weighted by Crippen LogP contribution is 2.24.